The molecule has 0 aliphatic heterocycles. The van der Waals surface area contributed by atoms with E-state index in [-0.39, 0.29) is 6.04 Å². The first kappa shape index (κ1) is 12.1. The summed E-state index contributed by atoms with van der Waals surface area (Å²) in [5.41, 5.74) is 4.48. The number of aromatic carboxylic acids is 1. The van der Waals surface area contributed by atoms with E-state index in [2.05, 4.69) is 29.2 Å². The van der Waals surface area contributed by atoms with Crippen molar-refractivity contribution in [2.45, 2.75) is 18.9 Å². The number of carboxylic acid groups (broad SMARTS) is 1. The molecule has 1 heterocycles. The van der Waals surface area contributed by atoms with Gasteiger partial charge in [0, 0.05) is 6.04 Å². The summed E-state index contributed by atoms with van der Waals surface area (Å²) >= 11 is 0. The molecule has 0 radical (unpaired) electrons. The zero-order valence-electron chi connectivity index (χ0n) is 11.4. The fraction of sp³-hybridized carbons (Fsp3) is 0.176. The number of hydrogen-bond donors (Lipinski definition) is 1. The number of fused-ring (bicyclic) bond motifs is 2. The highest BCUT2D eigenvalue weighted by molar-refractivity contribution is 6.01. The largest absolute Gasteiger partial charge is 0.478 e. The summed E-state index contributed by atoms with van der Waals surface area (Å²) in [6.45, 7) is 0. The van der Waals surface area contributed by atoms with E-state index in [4.69, 9.17) is 0 Å². The van der Waals surface area contributed by atoms with Crippen LogP contribution in [0.15, 0.2) is 48.8 Å². The summed E-state index contributed by atoms with van der Waals surface area (Å²) in [6, 6.07) is 13.9. The van der Waals surface area contributed by atoms with E-state index in [0.29, 0.717) is 5.56 Å². The molecule has 4 heteroatoms. The van der Waals surface area contributed by atoms with Gasteiger partial charge in [0.25, 0.3) is 0 Å². The molecule has 1 aliphatic rings. The Hall–Kier alpha value is -2.62. The van der Waals surface area contributed by atoms with Gasteiger partial charge in [0.15, 0.2) is 0 Å². The Morgan fingerprint density at radius 1 is 1.10 bits per heavy atom. The molecule has 1 aliphatic carbocycles. The van der Waals surface area contributed by atoms with Gasteiger partial charge in [-0.15, -0.1) is 0 Å². The highest BCUT2D eigenvalue weighted by Gasteiger charge is 2.25. The van der Waals surface area contributed by atoms with Crippen molar-refractivity contribution in [3.8, 4) is 0 Å². The van der Waals surface area contributed by atoms with E-state index < -0.39 is 5.97 Å². The first-order valence-corrected chi connectivity index (χ1v) is 6.99. The number of rotatable bonds is 2. The molecule has 4 nitrogen and oxygen atoms in total. The van der Waals surface area contributed by atoms with Crippen molar-refractivity contribution < 1.29 is 9.90 Å². The van der Waals surface area contributed by atoms with Gasteiger partial charge in [-0.2, -0.15) is 0 Å². The van der Waals surface area contributed by atoms with Gasteiger partial charge in [-0.1, -0.05) is 30.3 Å². The predicted octanol–water partition coefficient (Wildman–Crippen LogP) is 3.07. The Kier molecular flexibility index (Phi) is 2.57. The second-order valence-electron chi connectivity index (χ2n) is 5.46. The third-order valence-electron chi connectivity index (χ3n) is 4.25. The smallest absolute Gasteiger partial charge is 0.337 e. The summed E-state index contributed by atoms with van der Waals surface area (Å²) in [4.78, 5) is 15.8. The lowest BCUT2D eigenvalue weighted by Gasteiger charge is -2.13. The normalized spacial score (nSPS) is 14.5. The summed E-state index contributed by atoms with van der Waals surface area (Å²) in [5, 5.41) is 9.40. The summed E-state index contributed by atoms with van der Waals surface area (Å²) in [7, 11) is 0. The highest BCUT2D eigenvalue weighted by atomic mass is 16.4. The van der Waals surface area contributed by atoms with Gasteiger partial charge in [-0.25, -0.2) is 9.78 Å². The van der Waals surface area contributed by atoms with Crippen LogP contribution >= 0.6 is 0 Å². The van der Waals surface area contributed by atoms with Gasteiger partial charge < -0.3 is 9.67 Å². The summed E-state index contributed by atoms with van der Waals surface area (Å²) < 4.78 is 2.03. The number of hydrogen-bond acceptors (Lipinski definition) is 2. The van der Waals surface area contributed by atoms with Crippen LogP contribution in [-0.2, 0) is 12.8 Å². The molecular weight excluding hydrogens is 264 g/mol. The molecule has 3 aromatic rings. The zero-order chi connectivity index (χ0) is 14.4. The van der Waals surface area contributed by atoms with Crippen LogP contribution in [0.25, 0.3) is 11.0 Å². The molecule has 1 aromatic heterocycles. The molecule has 0 saturated carbocycles. The van der Waals surface area contributed by atoms with Gasteiger partial charge in [-0.05, 0) is 36.1 Å². The van der Waals surface area contributed by atoms with Crippen LogP contribution in [-0.4, -0.2) is 20.6 Å². The van der Waals surface area contributed by atoms with Crippen LogP contribution in [0.2, 0.25) is 0 Å². The molecule has 0 saturated heterocycles. The van der Waals surface area contributed by atoms with Crippen LogP contribution in [0.1, 0.15) is 27.5 Å². The van der Waals surface area contributed by atoms with Gasteiger partial charge in [0.05, 0.1) is 22.9 Å². The van der Waals surface area contributed by atoms with Gasteiger partial charge >= 0.3 is 5.97 Å². The number of benzene rings is 2. The minimum Gasteiger partial charge on any atom is -0.478 e. The molecule has 4 rings (SSSR count). The van der Waals surface area contributed by atoms with Crippen molar-refractivity contribution in [1.82, 2.24) is 9.55 Å². The van der Waals surface area contributed by atoms with Crippen molar-refractivity contribution in [3.05, 3.63) is 65.5 Å². The molecule has 2 aromatic carbocycles. The molecule has 1 N–H and O–H groups in total. The lowest BCUT2D eigenvalue weighted by molar-refractivity contribution is 0.0698. The minimum atomic E-state index is -0.905. The van der Waals surface area contributed by atoms with E-state index in [1.165, 1.54) is 11.1 Å². The number of carboxylic acids is 1. The van der Waals surface area contributed by atoms with Gasteiger partial charge in [-0.3, -0.25) is 0 Å². The van der Waals surface area contributed by atoms with E-state index in [9.17, 15) is 9.90 Å². The number of imidazole rings is 1. The van der Waals surface area contributed by atoms with Crippen molar-refractivity contribution >= 4 is 17.0 Å². The van der Waals surface area contributed by atoms with Crippen LogP contribution < -0.4 is 0 Å². The summed E-state index contributed by atoms with van der Waals surface area (Å²) in [5.74, 6) is -0.905. The monoisotopic (exact) mass is 278 g/mol. The van der Waals surface area contributed by atoms with Crippen molar-refractivity contribution in [2.24, 2.45) is 0 Å². The Morgan fingerprint density at radius 2 is 1.81 bits per heavy atom. The molecule has 0 atom stereocenters. The van der Waals surface area contributed by atoms with Gasteiger partial charge in [0.1, 0.15) is 0 Å². The Morgan fingerprint density at radius 3 is 2.48 bits per heavy atom. The van der Waals surface area contributed by atoms with Crippen LogP contribution in [0.3, 0.4) is 0 Å². The predicted molar refractivity (Wildman–Crippen MR) is 79.6 cm³/mol. The molecule has 0 bridgehead atoms. The topological polar surface area (TPSA) is 55.1 Å². The van der Waals surface area contributed by atoms with E-state index in [1.807, 2.05) is 10.6 Å². The van der Waals surface area contributed by atoms with E-state index in [1.54, 1.807) is 18.5 Å². The maximum atomic E-state index is 11.5. The van der Waals surface area contributed by atoms with Crippen molar-refractivity contribution in [1.29, 1.82) is 0 Å². The Balaban J connectivity index is 1.84. The average Bonchev–Trinajstić information content (AvgIpc) is 3.09. The lowest BCUT2D eigenvalue weighted by Crippen LogP contribution is -2.10. The van der Waals surface area contributed by atoms with Gasteiger partial charge in [0.2, 0.25) is 0 Å². The Labute approximate surface area is 121 Å². The second-order valence-corrected chi connectivity index (χ2v) is 5.46. The second kappa shape index (κ2) is 4.45. The maximum Gasteiger partial charge on any atom is 0.337 e. The molecule has 0 amide bonds. The first-order valence-electron chi connectivity index (χ1n) is 6.99. The molecular formula is C17H14N2O2. The number of para-hydroxylation sites is 1. The number of carbonyl (C=O) groups is 1. The minimum absolute atomic E-state index is 0.243. The number of aromatic nitrogens is 2. The molecule has 0 unspecified atom stereocenters. The average molecular weight is 278 g/mol. The zero-order valence-corrected chi connectivity index (χ0v) is 11.4. The van der Waals surface area contributed by atoms with Crippen molar-refractivity contribution in [2.75, 3.05) is 0 Å². The molecule has 0 fully saturated rings. The molecule has 0 spiro atoms. The van der Waals surface area contributed by atoms with Crippen molar-refractivity contribution in [3.63, 3.8) is 0 Å². The fourth-order valence-corrected chi connectivity index (χ4v) is 3.27. The quantitative estimate of drug-likeness (QED) is 0.783. The number of nitrogens with zero attached hydrogens (tertiary/aromatic N) is 2. The molecule has 21 heavy (non-hydrogen) atoms. The van der Waals surface area contributed by atoms with Crippen LogP contribution in [0, 0.1) is 0 Å². The van der Waals surface area contributed by atoms with Crippen LogP contribution in [0.4, 0.5) is 0 Å². The third kappa shape index (κ3) is 1.83. The standard InChI is InChI=1S/C17H14N2O2/c20-17(21)14-6-3-7-15-16(14)19(10-18-15)13-8-11-4-1-2-5-12(11)9-13/h1-7,10,13H,8-9H2,(H,20,21). The SMILES string of the molecule is O=C(O)c1cccc2ncn(C3Cc4ccccc4C3)c12. The summed E-state index contributed by atoms with van der Waals surface area (Å²) in [6.07, 6.45) is 3.62. The molecule has 104 valence electrons. The first-order chi connectivity index (χ1) is 10.2. The van der Waals surface area contributed by atoms with E-state index >= 15 is 0 Å². The third-order valence-corrected chi connectivity index (χ3v) is 4.25. The fourth-order valence-electron chi connectivity index (χ4n) is 3.27. The van der Waals surface area contributed by atoms with Crippen LogP contribution in [0.5, 0.6) is 0 Å². The highest BCUT2D eigenvalue weighted by Crippen LogP contribution is 2.33. The Bertz CT molecular complexity index is 826. The lowest BCUT2D eigenvalue weighted by atomic mass is 10.1. The van der Waals surface area contributed by atoms with E-state index in [0.717, 1.165) is 23.9 Å². The maximum absolute atomic E-state index is 11.5.